The van der Waals surface area contributed by atoms with Crippen molar-refractivity contribution in [2.24, 2.45) is 10.2 Å². The number of hydrogen-bond acceptors (Lipinski definition) is 7. The zero-order valence-corrected chi connectivity index (χ0v) is 14.2. The second-order valence-corrected chi connectivity index (χ2v) is 5.54. The highest BCUT2D eigenvalue weighted by Crippen LogP contribution is 2.38. The van der Waals surface area contributed by atoms with Crippen LogP contribution in [0.15, 0.2) is 52.7 Å². The van der Waals surface area contributed by atoms with Crippen molar-refractivity contribution in [3.05, 3.63) is 58.1 Å². The smallest absolute Gasteiger partial charge is 0.297 e. The summed E-state index contributed by atoms with van der Waals surface area (Å²) >= 11 is 0. The molecule has 0 aromatic heterocycles. The van der Waals surface area contributed by atoms with Gasteiger partial charge >= 0.3 is 0 Å². The molecule has 2 N–H and O–H groups in total. The highest BCUT2D eigenvalue weighted by atomic mass is 16.6. The highest BCUT2D eigenvalue weighted by molar-refractivity contribution is 5.73. The number of benzene rings is 2. The number of aliphatic hydroxyl groups is 2. The minimum absolute atomic E-state index is 0.117. The Morgan fingerprint density at radius 2 is 1.64 bits per heavy atom. The maximum atomic E-state index is 11.6. The molecule has 0 aliphatic heterocycles. The first kappa shape index (κ1) is 18.5. The molecule has 0 spiro atoms. The van der Waals surface area contributed by atoms with Gasteiger partial charge in [-0.3, -0.25) is 10.1 Å². The molecule has 0 radical (unpaired) electrons. The molecule has 8 nitrogen and oxygen atoms in total. The van der Waals surface area contributed by atoms with Gasteiger partial charge in [0.15, 0.2) is 0 Å². The lowest BCUT2D eigenvalue weighted by molar-refractivity contribution is -0.384. The third-order valence-corrected chi connectivity index (χ3v) is 3.68. The molecule has 0 saturated heterocycles. The van der Waals surface area contributed by atoms with Gasteiger partial charge in [-0.2, -0.15) is 10.2 Å². The molecule has 2 aromatic carbocycles. The first-order valence-corrected chi connectivity index (χ1v) is 7.72. The lowest BCUT2D eigenvalue weighted by Crippen LogP contribution is -2.40. The van der Waals surface area contributed by atoms with Crippen LogP contribution in [0.3, 0.4) is 0 Å². The van der Waals surface area contributed by atoms with Gasteiger partial charge in [-0.15, -0.1) is 0 Å². The minimum atomic E-state index is -1.10. The van der Waals surface area contributed by atoms with E-state index in [0.29, 0.717) is 16.9 Å². The van der Waals surface area contributed by atoms with Crippen molar-refractivity contribution in [3.63, 3.8) is 0 Å². The van der Waals surface area contributed by atoms with Crippen LogP contribution < -0.4 is 4.90 Å². The number of nitro groups is 1. The van der Waals surface area contributed by atoms with Crippen LogP contribution in [0.1, 0.15) is 19.4 Å². The molecule has 0 heterocycles. The summed E-state index contributed by atoms with van der Waals surface area (Å²) in [5, 5.41) is 39.4. The highest BCUT2D eigenvalue weighted by Gasteiger charge is 2.28. The van der Waals surface area contributed by atoms with E-state index in [0.717, 1.165) is 4.90 Å². The molecule has 2 aromatic rings. The Labute approximate surface area is 145 Å². The van der Waals surface area contributed by atoms with Crippen LogP contribution in [0.4, 0.5) is 22.7 Å². The molecule has 132 valence electrons. The van der Waals surface area contributed by atoms with E-state index in [2.05, 4.69) is 10.2 Å². The van der Waals surface area contributed by atoms with Gasteiger partial charge in [-0.05, 0) is 45.0 Å². The van der Waals surface area contributed by atoms with Crippen molar-refractivity contribution >= 4 is 22.7 Å². The fourth-order valence-electron chi connectivity index (χ4n) is 2.54. The van der Waals surface area contributed by atoms with E-state index >= 15 is 0 Å². The van der Waals surface area contributed by atoms with Crippen molar-refractivity contribution in [1.29, 1.82) is 0 Å². The number of aliphatic hydroxyl groups excluding tert-OH is 2. The lowest BCUT2D eigenvalue weighted by Gasteiger charge is -2.30. The lowest BCUT2D eigenvalue weighted by atomic mass is 10.1. The van der Waals surface area contributed by atoms with E-state index in [-0.39, 0.29) is 11.4 Å². The van der Waals surface area contributed by atoms with Gasteiger partial charge in [0, 0.05) is 0 Å². The second-order valence-electron chi connectivity index (χ2n) is 5.54. The summed E-state index contributed by atoms with van der Waals surface area (Å²) in [6, 6.07) is 12.0. The Morgan fingerprint density at radius 3 is 2.16 bits per heavy atom. The Bertz CT molecular complexity index is 768. The fraction of sp³-hybridized carbons (Fsp3) is 0.294. The molecule has 0 saturated carbocycles. The van der Waals surface area contributed by atoms with E-state index in [1.54, 1.807) is 25.1 Å². The molecule has 0 aliphatic carbocycles. The molecular formula is C17H20N4O4. The molecule has 0 amide bonds. The Balaban J connectivity index is 2.51. The van der Waals surface area contributed by atoms with E-state index in [9.17, 15) is 20.3 Å². The van der Waals surface area contributed by atoms with Gasteiger partial charge in [-0.25, -0.2) is 0 Å². The molecule has 0 aliphatic rings. The number of hydrogen-bond donors (Lipinski definition) is 2. The predicted octanol–water partition coefficient (Wildman–Crippen LogP) is 3.80. The molecular weight excluding hydrogens is 324 g/mol. The van der Waals surface area contributed by atoms with E-state index in [4.69, 9.17) is 0 Å². The van der Waals surface area contributed by atoms with Crippen molar-refractivity contribution in [1.82, 2.24) is 0 Å². The topological polar surface area (TPSA) is 112 Å². The molecule has 2 rings (SSSR count). The fourth-order valence-corrected chi connectivity index (χ4v) is 2.54. The van der Waals surface area contributed by atoms with Crippen molar-refractivity contribution in [3.8, 4) is 0 Å². The Kier molecular flexibility index (Phi) is 5.79. The summed E-state index contributed by atoms with van der Waals surface area (Å²) in [5.74, 6) is 0. The number of nitrogens with zero attached hydrogens (tertiary/aromatic N) is 4. The van der Waals surface area contributed by atoms with Crippen LogP contribution in [-0.4, -0.2) is 27.6 Å². The van der Waals surface area contributed by atoms with Crippen molar-refractivity contribution < 1.29 is 15.1 Å². The maximum Gasteiger partial charge on any atom is 0.297 e. The third kappa shape index (κ3) is 4.17. The minimum Gasteiger partial charge on any atom is -0.374 e. The van der Waals surface area contributed by atoms with E-state index in [1.165, 1.54) is 19.9 Å². The molecule has 2 unspecified atom stereocenters. The van der Waals surface area contributed by atoms with Gasteiger partial charge in [0.05, 0.1) is 21.9 Å². The number of rotatable bonds is 6. The predicted molar refractivity (Wildman–Crippen MR) is 94.3 cm³/mol. The molecule has 8 heteroatoms. The summed E-state index contributed by atoms with van der Waals surface area (Å²) in [6.07, 6.45) is -2.20. The maximum absolute atomic E-state index is 11.6. The van der Waals surface area contributed by atoms with Gasteiger partial charge in [0.25, 0.3) is 5.69 Å². The summed E-state index contributed by atoms with van der Waals surface area (Å²) < 4.78 is 0. The SMILES string of the molecule is Cc1c(N=Nc2ccccc2)ccc(N(C(C)O)C(C)O)c1[N+](=O)[O-]. The normalized spacial score (nSPS) is 13.6. The van der Waals surface area contributed by atoms with Crippen LogP contribution in [0.25, 0.3) is 0 Å². The molecule has 2 atom stereocenters. The van der Waals surface area contributed by atoms with Gasteiger partial charge < -0.3 is 15.1 Å². The van der Waals surface area contributed by atoms with Gasteiger partial charge in [0.1, 0.15) is 18.1 Å². The number of azo groups is 1. The van der Waals surface area contributed by atoms with Crippen molar-refractivity contribution in [2.75, 3.05) is 4.90 Å². The zero-order chi connectivity index (χ0) is 18.6. The first-order chi connectivity index (χ1) is 11.8. The second kappa shape index (κ2) is 7.82. The van der Waals surface area contributed by atoms with Crippen LogP contribution in [0, 0.1) is 17.0 Å². The summed E-state index contributed by atoms with van der Waals surface area (Å²) in [6.45, 7) is 4.41. The van der Waals surface area contributed by atoms with Crippen LogP contribution in [0.2, 0.25) is 0 Å². The quantitative estimate of drug-likeness (QED) is 0.358. The average molecular weight is 344 g/mol. The monoisotopic (exact) mass is 344 g/mol. The molecule has 0 fully saturated rings. The summed E-state index contributed by atoms with van der Waals surface area (Å²) in [7, 11) is 0. The molecule has 0 bridgehead atoms. The third-order valence-electron chi connectivity index (χ3n) is 3.68. The van der Waals surface area contributed by atoms with Crippen LogP contribution in [0.5, 0.6) is 0 Å². The summed E-state index contributed by atoms with van der Waals surface area (Å²) in [4.78, 5) is 12.2. The van der Waals surface area contributed by atoms with Gasteiger partial charge in [-0.1, -0.05) is 18.2 Å². The largest absolute Gasteiger partial charge is 0.374 e. The van der Waals surface area contributed by atoms with Gasteiger partial charge in [0.2, 0.25) is 0 Å². The Morgan fingerprint density at radius 1 is 1.04 bits per heavy atom. The standard InChI is InChI=1S/C17H20N4O4/c1-11-15(19-18-14-7-5-4-6-8-14)9-10-16(17(11)21(24)25)20(12(2)22)13(3)23/h4-10,12-13,22-23H,1-3H3. The number of anilines is 1. The van der Waals surface area contributed by atoms with Crippen molar-refractivity contribution in [2.45, 2.75) is 33.2 Å². The summed E-state index contributed by atoms with van der Waals surface area (Å²) in [5.41, 5.74) is 1.16. The van der Waals surface area contributed by atoms with E-state index in [1.807, 2.05) is 18.2 Å². The Hall–Kier alpha value is -2.84. The first-order valence-electron chi connectivity index (χ1n) is 7.72. The zero-order valence-electron chi connectivity index (χ0n) is 14.2. The number of nitro benzene ring substituents is 1. The van der Waals surface area contributed by atoms with Crippen LogP contribution in [-0.2, 0) is 0 Å². The average Bonchev–Trinajstić information content (AvgIpc) is 2.54. The van der Waals surface area contributed by atoms with E-state index < -0.39 is 17.4 Å². The van der Waals surface area contributed by atoms with Crippen LogP contribution >= 0.6 is 0 Å². The molecule has 25 heavy (non-hydrogen) atoms.